The summed E-state index contributed by atoms with van der Waals surface area (Å²) >= 11 is 0. The maximum atomic E-state index is 14.3. The van der Waals surface area contributed by atoms with Gasteiger partial charge in [-0.3, -0.25) is 47.9 Å². The maximum absolute atomic E-state index is 14.3. The molecule has 0 radical (unpaired) electrons. The Morgan fingerprint density at radius 1 is 0.642 bits per heavy atom. The van der Waals surface area contributed by atoms with E-state index < -0.39 is 105 Å². The van der Waals surface area contributed by atoms with E-state index in [4.69, 9.17) is 0 Å². The molecule has 0 aromatic heterocycles. The smallest absolute Gasteiger partial charge is 0.246 e. The molecule has 21 heteroatoms. The number of allylic oxidation sites excluding steroid dienone is 2. The molecule has 0 spiro atoms. The Morgan fingerprint density at radius 3 is 1.70 bits per heavy atom. The number of nitrogens with zero attached hydrogens (tertiary/aromatic N) is 2. The summed E-state index contributed by atoms with van der Waals surface area (Å²) in [6.45, 7) is 29.5. The number of hydrogen-bond donors (Lipinski definition) is 9. The van der Waals surface area contributed by atoms with Gasteiger partial charge in [-0.2, -0.15) is 0 Å². The summed E-state index contributed by atoms with van der Waals surface area (Å²) < 4.78 is 0. The first-order valence-electron chi connectivity index (χ1n) is 29.8. The number of aliphatic hydroxyl groups is 1. The number of hydrogen-bond acceptors (Lipinski definition) is 12. The Balaban J connectivity index is 3.27. The van der Waals surface area contributed by atoms with Gasteiger partial charge in [0.1, 0.15) is 46.3 Å². The first kappa shape index (κ1) is 73.6. The van der Waals surface area contributed by atoms with E-state index in [0.717, 1.165) is 32.1 Å². The summed E-state index contributed by atoms with van der Waals surface area (Å²) in [6.07, 6.45) is 12.9. The van der Waals surface area contributed by atoms with Crippen molar-refractivity contribution in [1.82, 2.24) is 52.3 Å². The van der Waals surface area contributed by atoms with E-state index in [9.17, 15) is 53.1 Å². The predicted molar refractivity (Wildman–Crippen MR) is 316 cm³/mol. The number of rotatable bonds is 37. The summed E-state index contributed by atoms with van der Waals surface area (Å²) in [6, 6.07) is -4.61. The van der Waals surface area contributed by atoms with Crippen LogP contribution in [0.15, 0.2) is 12.2 Å². The summed E-state index contributed by atoms with van der Waals surface area (Å²) in [4.78, 5) is 141. The lowest BCUT2D eigenvalue weighted by Crippen LogP contribution is -2.67. The molecule has 9 amide bonds. The number of carbonyl (C=O) groups is 10. The fraction of sp³-hybridized carbons (Fsp3) is 0.800. The van der Waals surface area contributed by atoms with Crippen molar-refractivity contribution in [3.63, 3.8) is 0 Å². The van der Waals surface area contributed by atoms with Crippen molar-refractivity contribution in [2.24, 2.45) is 23.7 Å². The number of ketones is 1. The van der Waals surface area contributed by atoms with Crippen molar-refractivity contribution in [2.45, 2.75) is 254 Å². The topological polar surface area (TPSA) is 294 Å². The molecule has 8 atom stereocenters. The van der Waals surface area contributed by atoms with Crippen molar-refractivity contribution in [1.29, 1.82) is 0 Å². The third-order valence-corrected chi connectivity index (χ3v) is 15.2. The first-order valence-corrected chi connectivity index (χ1v) is 29.8. The lowest BCUT2D eigenvalue weighted by atomic mass is 9.93. The van der Waals surface area contributed by atoms with Crippen LogP contribution >= 0.6 is 0 Å². The highest BCUT2D eigenvalue weighted by molar-refractivity contribution is 6.01. The Labute approximate surface area is 485 Å². The minimum Gasteiger partial charge on any atom is -0.395 e. The second-order valence-corrected chi connectivity index (χ2v) is 25.3. The number of likely N-dealkylation sites (N-methyl/N-ethyl adjacent to an activating group) is 1. The van der Waals surface area contributed by atoms with Crippen molar-refractivity contribution >= 4 is 58.9 Å². The van der Waals surface area contributed by atoms with Gasteiger partial charge in [0.25, 0.3) is 0 Å². The zero-order chi connectivity index (χ0) is 62.2. The monoisotopic (exact) mass is 1140 g/mol. The number of aliphatic hydroxyl groups excluding tert-OH is 1. The lowest BCUT2D eigenvalue weighted by Gasteiger charge is -2.35. The number of amides is 9. The largest absolute Gasteiger partial charge is 0.395 e. The van der Waals surface area contributed by atoms with Gasteiger partial charge in [-0.1, -0.05) is 106 Å². The fourth-order valence-electron chi connectivity index (χ4n) is 9.36. The molecule has 1 aliphatic heterocycles. The van der Waals surface area contributed by atoms with Gasteiger partial charge >= 0.3 is 0 Å². The third-order valence-electron chi connectivity index (χ3n) is 15.2. The Morgan fingerprint density at radius 2 is 1.17 bits per heavy atom. The van der Waals surface area contributed by atoms with Crippen LogP contribution in [0, 0.1) is 23.7 Å². The number of nitrogens with one attached hydrogen (secondary N) is 8. The Hall–Kier alpha value is -5.44. The van der Waals surface area contributed by atoms with E-state index in [0.29, 0.717) is 51.7 Å². The van der Waals surface area contributed by atoms with Gasteiger partial charge in [0.15, 0.2) is 5.78 Å². The van der Waals surface area contributed by atoms with Gasteiger partial charge in [0.2, 0.25) is 53.2 Å². The molecule has 0 bridgehead atoms. The van der Waals surface area contributed by atoms with E-state index in [2.05, 4.69) is 49.5 Å². The molecule has 1 heterocycles. The highest BCUT2D eigenvalue weighted by Crippen LogP contribution is 2.24. The summed E-state index contributed by atoms with van der Waals surface area (Å²) in [5.41, 5.74) is -6.29. The second kappa shape index (κ2) is 34.2. The molecular formula is C60H108N10O11. The minimum atomic E-state index is -1.68. The summed E-state index contributed by atoms with van der Waals surface area (Å²) in [5, 5.41) is 31.5. The van der Waals surface area contributed by atoms with Crippen LogP contribution in [-0.4, -0.2) is 160 Å². The molecule has 1 rings (SSSR count). The van der Waals surface area contributed by atoms with Crippen molar-refractivity contribution in [3.05, 3.63) is 12.2 Å². The molecule has 8 unspecified atom stereocenters. The highest BCUT2D eigenvalue weighted by Gasteiger charge is 2.43. The van der Waals surface area contributed by atoms with Gasteiger partial charge < -0.3 is 57.4 Å². The van der Waals surface area contributed by atoms with Gasteiger partial charge in [0, 0.05) is 38.0 Å². The molecule has 81 heavy (non-hydrogen) atoms. The van der Waals surface area contributed by atoms with Crippen LogP contribution in [0.3, 0.4) is 0 Å². The standard InChI is InChI=1S/C60H108N10O11/c1-19-22-23-24-25-26-30-41(8)52(77)70-33-28-32-45(70)49(74)62-44(36-39(6)29-27-31-43(72)21-3)48(73)65-59(14,15)55(80)68-58(12,13)54(79)64-47(40(7)20-2)50(75)63-46(38(4)5)51(76)66-60(16,17)56(81)67-57(10,11)53(78)61-42(9)37-69(18)34-35-71/h27,31,38-42,44-47,71H,19-26,28-30,32-37H2,1-18H3,(H,61,78)(H,62,74)(H,63,75)(H,64,79)(H,65,73)(H,66,76)(H,67,81)(H,68,80). The molecule has 21 nitrogen and oxygen atoms in total. The van der Waals surface area contributed by atoms with Crippen LogP contribution in [0.2, 0.25) is 0 Å². The number of carbonyl (C=O) groups excluding carboxylic acids is 10. The zero-order valence-electron chi connectivity index (χ0n) is 52.8. The van der Waals surface area contributed by atoms with Crippen molar-refractivity contribution in [2.75, 3.05) is 33.3 Å². The molecule has 1 fully saturated rings. The van der Waals surface area contributed by atoms with Crippen LogP contribution in [0.25, 0.3) is 0 Å². The average molecular weight is 1150 g/mol. The average Bonchev–Trinajstić information content (AvgIpc) is 3.87. The van der Waals surface area contributed by atoms with Crippen molar-refractivity contribution in [3.8, 4) is 0 Å². The summed E-state index contributed by atoms with van der Waals surface area (Å²) in [5.74, 6) is -6.74. The van der Waals surface area contributed by atoms with Gasteiger partial charge in [-0.05, 0) is 125 Å². The van der Waals surface area contributed by atoms with Crippen molar-refractivity contribution < 1.29 is 53.1 Å². The third kappa shape index (κ3) is 24.9. The number of likely N-dealkylation sites (tertiary alicyclic amines) is 1. The Kier molecular flexibility index (Phi) is 31.1. The highest BCUT2D eigenvalue weighted by atomic mass is 16.3. The van der Waals surface area contributed by atoms with Crippen LogP contribution in [0.1, 0.15) is 201 Å². The SMILES string of the molecule is CCCCCCCCC(C)C(=O)N1CCCC1C(=O)NC(CC(C)CC=CC(=O)CC)C(=O)NC(C)(C)C(=O)NC(C)(C)C(=O)NC(C(=O)NC(C(=O)NC(C)(C)C(=O)NC(C)(C)C(=O)NC(C)CN(C)CCO)C(C)C)C(C)CC. The molecule has 9 N–H and O–H groups in total. The van der Waals surface area contributed by atoms with Gasteiger partial charge in [-0.15, -0.1) is 0 Å². The molecule has 1 saturated heterocycles. The quantitative estimate of drug-likeness (QED) is 0.0308. The summed E-state index contributed by atoms with van der Waals surface area (Å²) in [7, 11) is 1.81. The molecule has 0 aliphatic carbocycles. The Bertz CT molecular complexity index is 2140. The maximum Gasteiger partial charge on any atom is 0.246 e. The van der Waals surface area contributed by atoms with E-state index in [1.54, 1.807) is 52.6 Å². The van der Waals surface area contributed by atoms with Crippen LogP contribution in [-0.2, 0) is 47.9 Å². The van der Waals surface area contributed by atoms with Crippen LogP contribution in [0.5, 0.6) is 0 Å². The molecule has 0 aromatic rings. The number of unbranched alkanes of at least 4 members (excludes halogenated alkanes) is 5. The molecule has 464 valence electrons. The predicted octanol–water partition coefficient (Wildman–Crippen LogP) is 4.48. The van der Waals surface area contributed by atoms with Gasteiger partial charge in [0.05, 0.1) is 6.61 Å². The normalized spacial score (nSPS) is 16.8. The lowest BCUT2D eigenvalue weighted by molar-refractivity contribution is -0.142. The van der Waals surface area contributed by atoms with E-state index in [-0.39, 0.29) is 42.6 Å². The zero-order valence-corrected chi connectivity index (χ0v) is 52.8. The second-order valence-electron chi connectivity index (χ2n) is 25.3. The van der Waals surface area contributed by atoms with E-state index in [1.165, 1.54) is 74.3 Å². The minimum absolute atomic E-state index is 0.0378. The van der Waals surface area contributed by atoms with E-state index >= 15 is 0 Å². The van der Waals surface area contributed by atoms with Gasteiger partial charge in [-0.25, -0.2) is 0 Å². The van der Waals surface area contributed by atoms with Crippen LogP contribution in [0.4, 0.5) is 0 Å². The first-order chi connectivity index (χ1) is 37.5. The molecule has 0 saturated carbocycles. The fourth-order valence-corrected chi connectivity index (χ4v) is 9.36. The molecule has 0 aromatic carbocycles. The molecule has 1 aliphatic rings. The van der Waals surface area contributed by atoms with E-state index in [1.807, 2.05) is 25.7 Å². The molecular weight excluding hydrogens is 1040 g/mol. The van der Waals surface area contributed by atoms with Crippen LogP contribution < -0.4 is 42.5 Å².